The van der Waals surface area contributed by atoms with Crippen molar-refractivity contribution in [2.45, 2.75) is 19.4 Å². The van der Waals surface area contributed by atoms with E-state index in [4.69, 9.17) is 17.3 Å². The Balaban J connectivity index is 2.30. The molecule has 0 aliphatic rings. The fraction of sp³-hybridized carbons (Fsp3) is 0.455. The zero-order chi connectivity index (χ0) is 13.5. The number of carbonyl (C=O) groups is 2. The van der Waals surface area contributed by atoms with Crippen LogP contribution in [0.4, 0.5) is 0 Å². The first-order chi connectivity index (χ1) is 8.54. The number of carbonyl (C=O) groups excluding carboxylic acids is 2. The highest BCUT2D eigenvalue weighted by Crippen LogP contribution is 2.21. The van der Waals surface area contributed by atoms with Crippen molar-refractivity contribution in [3.63, 3.8) is 0 Å². The van der Waals surface area contributed by atoms with Crippen LogP contribution < -0.4 is 11.1 Å². The van der Waals surface area contributed by atoms with Gasteiger partial charge in [0, 0.05) is 11.4 Å². The Bertz CT molecular complexity index is 422. The second-order valence-corrected chi connectivity index (χ2v) is 5.28. The Morgan fingerprint density at radius 2 is 2.28 bits per heavy atom. The number of hydrogen-bond acceptors (Lipinski definition) is 5. The predicted molar refractivity (Wildman–Crippen MR) is 70.7 cm³/mol. The third-order valence-corrected chi connectivity index (χ3v) is 3.41. The van der Waals surface area contributed by atoms with Gasteiger partial charge in [-0.2, -0.15) is 0 Å². The number of halogens is 1. The summed E-state index contributed by atoms with van der Waals surface area (Å²) in [6, 6.07) is 2.43. The van der Waals surface area contributed by atoms with E-state index in [0.29, 0.717) is 17.3 Å². The molecule has 0 radical (unpaired) electrons. The fourth-order valence-corrected chi connectivity index (χ4v) is 2.33. The molecule has 18 heavy (non-hydrogen) atoms. The Morgan fingerprint density at radius 3 is 2.83 bits per heavy atom. The van der Waals surface area contributed by atoms with Crippen LogP contribution >= 0.6 is 22.9 Å². The van der Waals surface area contributed by atoms with Crippen molar-refractivity contribution in [3.05, 3.63) is 21.3 Å². The van der Waals surface area contributed by atoms with Gasteiger partial charge >= 0.3 is 5.97 Å². The highest BCUT2D eigenvalue weighted by molar-refractivity contribution is 7.16. The standard InChI is InChI=1S/C11H15ClN2O3S/c1-2-17-11(16)9(13)10(15)14-6-5-7-3-4-8(12)18-7/h3-4,9H,2,5-6,13H2,1H3,(H,14,15). The van der Waals surface area contributed by atoms with Gasteiger partial charge in [0.15, 0.2) is 6.04 Å². The number of ether oxygens (including phenoxy) is 1. The van der Waals surface area contributed by atoms with E-state index in [1.165, 1.54) is 11.3 Å². The molecule has 1 unspecified atom stereocenters. The maximum Gasteiger partial charge on any atom is 0.332 e. The highest BCUT2D eigenvalue weighted by Gasteiger charge is 2.22. The lowest BCUT2D eigenvalue weighted by Gasteiger charge is -2.10. The van der Waals surface area contributed by atoms with Crippen molar-refractivity contribution >= 4 is 34.8 Å². The Kier molecular flexibility index (Phi) is 6.11. The maximum absolute atomic E-state index is 11.5. The van der Waals surface area contributed by atoms with Crippen LogP contribution in [-0.2, 0) is 20.7 Å². The molecule has 0 aliphatic heterocycles. The number of rotatable bonds is 6. The van der Waals surface area contributed by atoms with Crippen LogP contribution in [-0.4, -0.2) is 31.1 Å². The quantitative estimate of drug-likeness (QED) is 0.604. The average Bonchev–Trinajstić information content (AvgIpc) is 2.74. The normalized spacial score (nSPS) is 11.9. The van der Waals surface area contributed by atoms with E-state index in [2.05, 4.69) is 10.1 Å². The lowest BCUT2D eigenvalue weighted by atomic mass is 10.3. The Morgan fingerprint density at radius 1 is 1.56 bits per heavy atom. The molecule has 1 rings (SSSR count). The number of nitrogens with one attached hydrogen (secondary N) is 1. The van der Waals surface area contributed by atoms with Crippen molar-refractivity contribution < 1.29 is 14.3 Å². The minimum Gasteiger partial charge on any atom is -0.464 e. The molecule has 7 heteroatoms. The third-order valence-electron chi connectivity index (χ3n) is 2.12. The number of esters is 1. The molecular formula is C11H15ClN2O3S. The summed E-state index contributed by atoms with van der Waals surface area (Å²) in [5.74, 6) is -1.25. The monoisotopic (exact) mass is 290 g/mol. The minimum absolute atomic E-state index is 0.202. The summed E-state index contributed by atoms with van der Waals surface area (Å²) in [6.07, 6.45) is 0.651. The van der Waals surface area contributed by atoms with Crippen molar-refractivity contribution in [3.8, 4) is 0 Å². The molecule has 3 N–H and O–H groups in total. The molecule has 0 aliphatic carbocycles. The van der Waals surface area contributed by atoms with Gasteiger partial charge in [-0.3, -0.25) is 4.79 Å². The van der Waals surface area contributed by atoms with Gasteiger partial charge in [-0.25, -0.2) is 4.79 Å². The topological polar surface area (TPSA) is 81.4 Å². The van der Waals surface area contributed by atoms with E-state index in [-0.39, 0.29) is 6.61 Å². The fourth-order valence-electron chi connectivity index (χ4n) is 1.24. The molecule has 0 saturated heterocycles. The first kappa shape index (κ1) is 14.9. The molecule has 1 heterocycles. The van der Waals surface area contributed by atoms with Gasteiger partial charge < -0.3 is 15.8 Å². The van der Waals surface area contributed by atoms with E-state index in [9.17, 15) is 9.59 Å². The second kappa shape index (κ2) is 7.35. The molecule has 0 fully saturated rings. The molecule has 1 atom stereocenters. The van der Waals surface area contributed by atoms with Crippen molar-refractivity contribution in [2.24, 2.45) is 5.73 Å². The van der Waals surface area contributed by atoms with Crippen LogP contribution in [0.5, 0.6) is 0 Å². The van der Waals surface area contributed by atoms with E-state index in [1.807, 2.05) is 6.07 Å². The van der Waals surface area contributed by atoms with Gasteiger partial charge in [0.25, 0.3) is 0 Å². The van der Waals surface area contributed by atoms with Gasteiger partial charge in [0.05, 0.1) is 10.9 Å². The number of hydrogen-bond donors (Lipinski definition) is 2. The zero-order valence-electron chi connectivity index (χ0n) is 9.94. The summed E-state index contributed by atoms with van der Waals surface area (Å²) >= 11 is 7.23. The molecule has 100 valence electrons. The summed E-state index contributed by atoms with van der Waals surface area (Å²) in [5, 5.41) is 2.58. The zero-order valence-corrected chi connectivity index (χ0v) is 11.5. The van der Waals surface area contributed by atoms with E-state index in [0.717, 1.165) is 4.88 Å². The molecule has 1 aromatic rings. The molecule has 1 aromatic heterocycles. The van der Waals surface area contributed by atoms with Gasteiger partial charge in [-0.05, 0) is 25.5 Å². The van der Waals surface area contributed by atoms with Crippen LogP contribution in [0.1, 0.15) is 11.8 Å². The molecule has 0 spiro atoms. The minimum atomic E-state index is -1.27. The van der Waals surface area contributed by atoms with E-state index in [1.54, 1.807) is 13.0 Å². The largest absolute Gasteiger partial charge is 0.464 e. The summed E-state index contributed by atoms with van der Waals surface area (Å²) in [5.41, 5.74) is 5.43. The van der Waals surface area contributed by atoms with Crippen molar-refractivity contribution in [1.82, 2.24) is 5.32 Å². The SMILES string of the molecule is CCOC(=O)C(N)C(=O)NCCc1ccc(Cl)s1. The Labute approximate surface area is 114 Å². The van der Waals surface area contributed by atoms with Gasteiger partial charge in [0.1, 0.15) is 0 Å². The first-order valence-electron chi connectivity index (χ1n) is 5.48. The maximum atomic E-state index is 11.5. The van der Waals surface area contributed by atoms with Gasteiger partial charge in [-0.15, -0.1) is 11.3 Å². The molecule has 0 aromatic carbocycles. The highest BCUT2D eigenvalue weighted by atomic mass is 35.5. The van der Waals surface area contributed by atoms with Crippen molar-refractivity contribution in [2.75, 3.05) is 13.2 Å². The molecular weight excluding hydrogens is 276 g/mol. The lowest BCUT2D eigenvalue weighted by Crippen LogP contribution is -2.47. The molecule has 5 nitrogen and oxygen atoms in total. The van der Waals surface area contributed by atoms with Gasteiger partial charge in [0.2, 0.25) is 5.91 Å². The summed E-state index contributed by atoms with van der Waals surface area (Å²) in [4.78, 5) is 23.8. The van der Waals surface area contributed by atoms with E-state index >= 15 is 0 Å². The molecule has 0 saturated carbocycles. The predicted octanol–water partition coefficient (Wildman–Crippen LogP) is 0.951. The van der Waals surface area contributed by atoms with E-state index < -0.39 is 17.9 Å². The number of thiophene rings is 1. The van der Waals surface area contributed by atoms with Crippen LogP contribution in [0.15, 0.2) is 12.1 Å². The summed E-state index contributed by atoms with van der Waals surface area (Å²) in [7, 11) is 0. The second-order valence-electron chi connectivity index (χ2n) is 3.48. The number of nitrogens with two attached hydrogens (primary N) is 1. The Hall–Kier alpha value is -1.11. The molecule has 1 amide bonds. The summed E-state index contributed by atoms with van der Waals surface area (Å²) in [6.45, 7) is 2.26. The van der Waals surface area contributed by atoms with Crippen molar-refractivity contribution in [1.29, 1.82) is 0 Å². The van der Waals surface area contributed by atoms with Gasteiger partial charge in [-0.1, -0.05) is 11.6 Å². The van der Waals surface area contributed by atoms with Crippen LogP contribution in [0, 0.1) is 0 Å². The lowest BCUT2D eigenvalue weighted by molar-refractivity contribution is -0.147. The smallest absolute Gasteiger partial charge is 0.332 e. The third kappa shape index (κ3) is 4.64. The number of amides is 1. The van der Waals surface area contributed by atoms with Crippen LogP contribution in [0.2, 0.25) is 4.34 Å². The van der Waals surface area contributed by atoms with Crippen LogP contribution in [0.25, 0.3) is 0 Å². The average molecular weight is 291 g/mol. The first-order valence-corrected chi connectivity index (χ1v) is 6.68. The summed E-state index contributed by atoms with van der Waals surface area (Å²) < 4.78 is 5.36. The van der Waals surface area contributed by atoms with Crippen LogP contribution in [0.3, 0.4) is 0 Å². The molecule has 0 bridgehead atoms.